The summed E-state index contributed by atoms with van der Waals surface area (Å²) in [6, 6.07) is 10.2. The molecule has 0 radical (unpaired) electrons. The fourth-order valence-electron chi connectivity index (χ4n) is 2.74. The molecule has 1 fully saturated rings. The van der Waals surface area contributed by atoms with E-state index in [-0.39, 0.29) is 16.8 Å². The Labute approximate surface area is 145 Å². The van der Waals surface area contributed by atoms with E-state index in [0.717, 1.165) is 18.4 Å². The lowest BCUT2D eigenvalue weighted by molar-refractivity contribution is 0.0951. The molecule has 4 rings (SSSR count). The van der Waals surface area contributed by atoms with Crippen molar-refractivity contribution in [2.24, 2.45) is 0 Å². The van der Waals surface area contributed by atoms with E-state index in [1.54, 1.807) is 42.6 Å². The number of aryl methyl sites for hydroxylation is 1. The quantitative estimate of drug-likeness (QED) is 0.779. The van der Waals surface area contributed by atoms with E-state index in [4.69, 9.17) is 0 Å². The van der Waals surface area contributed by atoms with Crippen molar-refractivity contribution < 1.29 is 13.2 Å². The van der Waals surface area contributed by atoms with Gasteiger partial charge in [-0.25, -0.2) is 17.4 Å². The van der Waals surface area contributed by atoms with E-state index in [0.29, 0.717) is 16.6 Å². The topological polar surface area (TPSA) is 81.1 Å². The van der Waals surface area contributed by atoms with Crippen LogP contribution in [0.1, 0.15) is 28.8 Å². The monoisotopic (exact) mass is 355 g/mol. The summed E-state index contributed by atoms with van der Waals surface area (Å²) in [5, 5.41) is 3.57. The van der Waals surface area contributed by atoms with Gasteiger partial charge < -0.3 is 5.32 Å². The first-order valence-corrected chi connectivity index (χ1v) is 9.50. The Balaban J connectivity index is 1.80. The first kappa shape index (κ1) is 15.8. The maximum atomic E-state index is 12.9. The lowest BCUT2D eigenvalue weighted by Crippen LogP contribution is -2.25. The molecule has 6 nitrogen and oxygen atoms in total. The molecule has 1 aromatic carbocycles. The Bertz CT molecular complexity index is 1070. The van der Waals surface area contributed by atoms with Gasteiger partial charge in [-0.1, -0.05) is 18.2 Å². The minimum absolute atomic E-state index is 0.171. The molecule has 1 amide bonds. The number of carbonyl (C=O) groups is 1. The molecule has 0 aliphatic heterocycles. The number of nitrogens with one attached hydrogen (secondary N) is 1. The van der Waals surface area contributed by atoms with Gasteiger partial charge in [-0.3, -0.25) is 4.79 Å². The highest BCUT2D eigenvalue weighted by molar-refractivity contribution is 7.90. The Morgan fingerprint density at radius 1 is 1.24 bits per heavy atom. The molecule has 0 saturated heterocycles. The summed E-state index contributed by atoms with van der Waals surface area (Å²) < 4.78 is 26.9. The number of carbonyl (C=O) groups excluding carboxylic acids is 1. The van der Waals surface area contributed by atoms with E-state index < -0.39 is 10.0 Å². The summed E-state index contributed by atoms with van der Waals surface area (Å²) >= 11 is 0. The Hall–Kier alpha value is -2.67. The summed E-state index contributed by atoms with van der Waals surface area (Å²) in [4.78, 5) is 16.7. The zero-order valence-corrected chi connectivity index (χ0v) is 14.5. The van der Waals surface area contributed by atoms with Crippen molar-refractivity contribution in [2.75, 3.05) is 0 Å². The molecule has 0 spiro atoms. The van der Waals surface area contributed by atoms with E-state index in [2.05, 4.69) is 10.3 Å². The highest BCUT2D eigenvalue weighted by atomic mass is 32.2. The zero-order valence-electron chi connectivity index (χ0n) is 13.6. The van der Waals surface area contributed by atoms with Crippen molar-refractivity contribution in [3.63, 3.8) is 0 Å². The van der Waals surface area contributed by atoms with Crippen molar-refractivity contribution in [3.05, 3.63) is 59.9 Å². The van der Waals surface area contributed by atoms with E-state index in [9.17, 15) is 13.2 Å². The van der Waals surface area contributed by atoms with Gasteiger partial charge in [0.05, 0.1) is 10.5 Å². The molecule has 1 aliphatic carbocycles. The predicted octanol–water partition coefficient (Wildman–Crippen LogP) is 2.47. The van der Waals surface area contributed by atoms with Crippen LogP contribution in [0.25, 0.3) is 11.0 Å². The van der Waals surface area contributed by atoms with Crippen LogP contribution in [-0.2, 0) is 10.0 Å². The van der Waals surface area contributed by atoms with Gasteiger partial charge in [-0.15, -0.1) is 0 Å². The van der Waals surface area contributed by atoms with Crippen LogP contribution in [0.4, 0.5) is 0 Å². The van der Waals surface area contributed by atoms with Gasteiger partial charge in [-0.05, 0) is 43.5 Å². The molecule has 25 heavy (non-hydrogen) atoms. The molecular formula is C18H17N3O3S. The Morgan fingerprint density at radius 3 is 2.64 bits per heavy atom. The number of benzene rings is 1. The van der Waals surface area contributed by atoms with E-state index in [1.165, 1.54) is 10.2 Å². The molecule has 2 heterocycles. The van der Waals surface area contributed by atoms with Crippen LogP contribution in [0.15, 0.2) is 53.7 Å². The summed E-state index contributed by atoms with van der Waals surface area (Å²) in [6.07, 6.45) is 4.98. The average molecular weight is 355 g/mol. The summed E-state index contributed by atoms with van der Waals surface area (Å²) in [7, 11) is -3.73. The summed E-state index contributed by atoms with van der Waals surface area (Å²) in [5.74, 6) is -0.171. The van der Waals surface area contributed by atoms with Gasteiger partial charge >= 0.3 is 0 Å². The van der Waals surface area contributed by atoms with Crippen molar-refractivity contribution >= 4 is 27.0 Å². The van der Waals surface area contributed by atoms with Crippen LogP contribution in [0, 0.1) is 6.92 Å². The van der Waals surface area contributed by atoms with Gasteiger partial charge in [0.15, 0.2) is 5.65 Å². The second kappa shape index (κ2) is 5.70. The molecule has 1 saturated carbocycles. The molecule has 0 bridgehead atoms. The number of rotatable bonds is 4. The smallest absolute Gasteiger partial charge is 0.269 e. The Morgan fingerprint density at radius 2 is 1.96 bits per heavy atom. The van der Waals surface area contributed by atoms with E-state index >= 15 is 0 Å². The van der Waals surface area contributed by atoms with Gasteiger partial charge in [0.1, 0.15) is 0 Å². The maximum absolute atomic E-state index is 12.9. The second-order valence-electron chi connectivity index (χ2n) is 6.27. The Kier molecular flexibility index (Phi) is 3.61. The molecule has 1 N–H and O–H groups in total. The lowest BCUT2D eigenvalue weighted by Gasteiger charge is -2.07. The lowest BCUT2D eigenvalue weighted by atomic mass is 10.2. The van der Waals surface area contributed by atoms with E-state index in [1.807, 2.05) is 6.92 Å². The van der Waals surface area contributed by atoms with Crippen molar-refractivity contribution in [2.45, 2.75) is 30.7 Å². The number of hydrogen-bond acceptors (Lipinski definition) is 4. The fourth-order valence-corrected chi connectivity index (χ4v) is 4.14. The zero-order chi connectivity index (χ0) is 17.6. The van der Waals surface area contributed by atoms with Crippen LogP contribution < -0.4 is 5.32 Å². The second-order valence-corrected chi connectivity index (χ2v) is 8.08. The number of amides is 1. The molecule has 0 unspecified atom stereocenters. The highest BCUT2D eigenvalue weighted by Crippen LogP contribution is 2.25. The number of hydrogen-bond donors (Lipinski definition) is 1. The van der Waals surface area contributed by atoms with Crippen molar-refractivity contribution in [1.82, 2.24) is 14.3 Å². The van der Waals surface area contributed by atoms with Gasteiger partial charge in [0.25, 0.3) is 15.9 Å². The largest absolute Gasteiger partial charge is 0.349 e. The van der Waals surface area contributed by atoms with Gasteiger partial charge in [0.2, 0.25) is 0 Å². The minimum Gasteiger partial charge on any atom is -0.349 e. The standard InChI is InChI=1S/C18H17N3O3S/c1-12-11-21(25(23,24)15-5-3-2-4-6-15)17-16(12)9-13(10-19-17)18(22)20-14-7-8-14/h2-6,9-11,14H,7-8H2,1H3,(H,20,22). The summed E-state index contributed by atoms with van der Waals surface area (Å²) in [5.41, 5.74) is 1.52. The van der Waals surface area contributed by atoms with Crippen LogP contribution in [0.3, 0.4) is 0 Å². The molecule has 1 aliphatic rings. The van der Waals surface area contributed by atoms with Crippen LogP contribution in [0.5, 0.6) is 0 Å². The number of pyridine rings is 1. The van der Waals surface area contributed by atoms with Crippen molar-refractivity contribution in [3.8, 4) is 0 Å². The average Bonchev–Trinajstić information content (AvgIpc) is 3.37. The molecule has 0 atom stereocenters. The fraction of sp³-hybridized carbons (Fsp3) is 0.222. The third-order valence-corrected chi connectivity index (χ3v) is 5.95. The molecule has 3 aromatic rings. The normalized spacial score (nSPS) is 14.6. The predicted molar refractivity (Wildman–Crippen MR) is 94.0 cm³/mol. The number of nitrogens with zero attached hydrogens (tertiary/aromatic N) is 2. The minimum atomic E-state index is -3.73. The molecule has 2 aromatic heterocycles. The number of fused-ring (bicyclic) bond motifs is 1. The van der Waals surface area contributed by atoms with Crippen LogP contribution in [0.2, 0.25) is 0 Å². The third-order valence-electron chi connectivity index (χ3n) is 4.29. The highest BCUT2D eigenvalue weighted by Gasteiger charge is 2.25. The molecule has 128 valence electrons. The SMILES string of the molecule is Cc1cn(S(=O)(=O)c2ccccc2)c2ncc(C(=O)NC3CC3)cc12. The summed E-state index contributed by atoms with van der Waals surface area (Å²) in [6.45, 7) is 1.81. The van der Waals surface area contributed by atoms with Crippen molar-refractivity contribution in [1.29, 1.82) is 0 Å². The maximum Gasteiger partial charge on any atom is 0.269 e. The van der Waals surface area contributed by atoms with Crippen LogP contribution in [-0.4, -0.2) is 29.3 Å². The van der Waals surface area contributed by atoms with Gasteiger partial charge in [-0.2, -0.15) is 0 Å². The molecule has 7 heteroatoms. The first-order valence-electron chi connectivity index (χ1n) is 8.06. The third kappa shape index (κ3) is 2.80. The first-order chi connectivity index (χ1) is 12.0. The van der Waals surface area contributed by atoms with Gasteiger partial charge in [0, 0.05) is 23.8 Å². The van der Waals surface area contributed by atoms with Crippen LogP contribution >= 0.6 is 0 Å². The number of aromatic nitrogens is 2. The molecular weight excluding hydrogens is 338 g/mol.